The zero-order chi connectivity index (χ0) is 21.7. The van der Waals surface area contributed by atoms with Gasteiger partial charge in [0.05, 0.1) is 7.11 Å². The van der Waals surface area contributed by atoms with Gasteiger partial charge in [-0.05, 0) is 24.1 Å². The summed E-state index contributed by atoms with van der Waals surface area (Å²) in [6.45, 7) is 2.18. The number of benzene rings is 4. The van der Waals surface area contributed by atoms with Gasteiger partial charge in [0, 0.05) is 16.7 Å². The number of hydrogen-bond donors (Lipinski definition) is 1. The Bertz CT molecular complexity index is 1140. The van der Waals surface area contributed by atoms with E-state index in [1.807, 2.05) is 103 Å². The SMILES string of the molecule is COc1ccccc1C(C)(O)c1cccc(-c2ccccc2)c1OCc1ccccc1. The normalized spacial score (nSPS) is 12.7. The van der Waals surface area contributed by atoms with Crippen molar-refractivity contribution in [1.82, 2.24) is 0 Å². The second-order valence-electron chi connectivity index (χ2n) is 7.60. The maximum atomic E-state index is 11.8. The van der Waals surface area contributed by atoms with E-state index in [0.717, 1.165) is 16.7 Å². The maximum absolute atomic E-state index is 11.8. The first-order valence-corrected chi connectivity index (χ1v) is 10.3. The van der Waals surface area contributed by atoms with E-state index >= 15 is 0 Å². The van der Waals surface area contributed by atoms with Crippen LogP contribution in [0.25, 0.3) is 11.1 Å². The molecule has 0 spiro atoms. The third-order valence-electron chi connectivity index (χ3n) is 5.48. The topological polar surface area (TPSA) is 38.7 Å². The lowest BCUT2D eigenvalue weighted by Crippen LogP contribution is -2.25. The number of rotatable bonds is 7. The Kier molecular flexibility index (Phi) is 6.06. The molecule has 0 saturated heterocycles. The second-order valence-corrected chi connectivity index (χ2v) is 7.60. The van der Waals surface area contributed by atoms with Crippen LogP contribution in [0.1, 0.15) is 23.6 Å². The molecule has 0 fully saturated rings. The predicted octanol–water partition coefficient (Wildman–Crippen LogP) is 6.20. The first-order valence-electron chi connectivity index (χ1n) is 10.3. The first-order chi connectivity index (χ1) is 15.1. The predicted molar refractivity (Wildman–Crippen MR) is 124 cm³/mol. The van der Waals surface area contributed by atoms with Gasteiger partial charge in [-0.25, -0.2) is 0 Å². The van der Waals surface area contributed by atoms with E-state index < -0.39 is 5.60 Å². The van der Waals surface area contributed by atoms with Crippen LogP contribution in [-0.2, 0) is 12.2 Å². The summed E-state index contributed by atoms with van der Waals surface area (Å²) in [4.78, 5) is 0. The fourth-order valence-corrected chi connectivity index (χ4v) is 3.84. The summed E-state index contributed by atoms with van der Waals surface area (Å²) in [6, 6.07) is 33.6. The van der Waals surface area contributed by atoms with E-state index in [0.29, 0.717) is 29.2 Å². The van der Waals surface area contributed by atoms with Gasteiger partial charge in [0.15, 0.2) is 0 Å². The van der Waals surface area contributed by atoms with Crippen LogP contribution in [0.15, 0.2) is 103 Å². The van der Waals surface area contributed by atoms with Gasteiger partial charge < -0.3 is 14.6 Å². The van der Waals surface area contributed by atoms with Crippen molar-refractivity contribution in [2.75, 3.05) is 7.11 Å². The Morgan fingerprint density at radius 2 is 1.32 bits per heavy atom. The van der Waals surface area contributed by atoms with E-state index in [2.05, 4.69) is 0 Å². The van der Waals surface area contributed by atoms with Crippen molar-refractivity contribution in [2.24, 2.45) is 0 Å². The molecule has 4 aromatic rings. The number of ether oxygens (including phenoxy) is 2. The smallest absolute Gasteiger partial charge is 0.134 e. The fourth-order valence-electron chi connectivity index (χ4n) is 3.84. The van der Waals surface area contributed by atoms with Crippen LogP contribution in [0.5, 0.6) is 11.5 Å². The van der Waals surface area contributed by atoms with E-state index in [9.17, 15) is 5.11 Å². The van der Waals surface area contributed by atoms with E-state index in [-0.39, 0.29) is 0 Å². The molecule has 3 heteroatoms. The Labute approximate surface area is 183 Å². The van der Waals surface area contributed by atoms with Crippen LogP contribution in [0.3, 0.4) is 0 Å². The largest absolute Gasteiger partial charge is 0.496 e. The summed E-state index contributed by atoms with van der Waals surface area (Å²) in [5.41, 5.74) is 3.09. The van der Waals surface area contributed by atoms with Gasteiger partial charge in [0.25, 0.3) is 0 Å². The summed E-state index contributed by atoms with van der Waals surface area (Å²) in [6.07, 6.45) is 0. The van der Waals surface area contributed by atoms with Gasteiger partial charge in [0.1, 0.15) is 23.7 Å². The number of methoxy groups -OCH3 is 1. The van der Waals surface area contributed by atoms with Crippen LogP contribution in [-0.4, -0.2) is 12.2 Å². The van der Waals surface area contributed by atoms with Crippen molar-refractivity contribution in [3.05, 3.63) is 120 Å². The van der Waals surface area contributed by atoms with Crippen molar-refractivity contribution in [3.8, 4) is 22.6 Å². The van der Waals surface area contributed by atoms with Crippen molar-refractivity contribution in [1.29, 1.82) is 0 Å². The molecular weight excluding hydrogens is 384 g/mol. The lowest BCUT2D eigenvalue weighted by molar-refractivity contribution is 0.0944. The van der Waals surface area contributed by atoms with Crippen molar-refractivity contribution in [2.45, 2.75) is 19.1 Å². The Hall–Kier alpha value is -3.56. The van der Waals surface area contributed by atoms with Crippen LogP contribution >= 0.6 is 0 Å². The lowest BCUT2D eigenvalue weighted by atomic mass is 9.85. The maximum Gasteiger partial charge on any atom is 0.134 e. The molecule has 0 saturated carbocycles. The third-order valence-corrected chi connectivity index (χ3v) is 5.48. The molecule has 156 valence electrons. The van der Waals surface area contributed by atoms with E-state index in [4.69, 9.17) is 9.47 Å². The van der Waals surface area contributed by atoms with E-state index in [1.165, 1.54) is 0 Å². The van der Waals surface area contributed by atoms with E-state index in [1.54, 1.807) is 14.0 Å². The van der Waals surface area contributed by atoms with Gasteiger partial charge in [-0.1, -0.05) is 97.1 Å². The first kappa shape index (κ1) is 20.7. The third kappa shape index (κ3) is 4.32. The highest BCUT2D eigenvalue weighted by molar-refractivity contribution is 5.73. The number of para-hydroxylation sites is 2. The zero-order valence-corrected chi connectivity index (χ0v) is 17.8. The molecular formula is C28H26O3. The molecule has 1 N–H and O–H groups in total. The molecule has 0 aromatic heterocycles. The highest BCUT2D eigenvalue weighted by atomic mass is 16.5. The average molecular weight is 411 g/mol. The molecule has 0 amide bonds. The van der Waals surface area contributed by atoms with Gasteiger partial charge in [0.2, 0.25) is 0 Å². The number of hydrogen-bond acceptors (Lipinski definition) is 3. The monoisotopic (exact) mass is 410 g/mol. The molecule has 1 unspecified atom stereocenters. The Balaban J connectivity index is 1.85. The minimum absolute atomic E-state index is 0.402. The quantitative estimate of drug-likeness (QED) is 0.394. The molecule has 0 heterocycles. The van der Waals surface area contributed by atoms with Crippen LogP contribution in [0.4, 0.5) is 0 Å². The standard InChI is InChI=1S/C28H26O3/c1-28(29,24-17-9-10-19-26(24)30-2)25-18-11-16-23(22-14-7-4-8-15-22)27(25)31-20-21-12-5-3-6-13-21/h3-19,29H,20H2,1-2H3. The molecule has 1 atom stereocenters. The molecule has 0 radical (unpaired) electrons. The molecule has 3 nitrogen and oxygen atoms in total. The van der Waals surface area contributed by atoms with Gasteiger partial charge in [-0.2, -0.15) is 0 Å². The highest BCUT2D eigenvalue weighted by Crippen LogP contribution is 2.43. The molecule has 4 rings (SSSR count). The summed E-state index contributed by atoms with van der Waals surface area (Å²) in [7, 11) is 1.61. The second kappa shape index (κ2) is 9.07. The highest BCUT2D eigenvalue weighted by Gasteiger charge is 2.33. The Morgan fingerprint density at radius 1 is 0.710 bits per heavy atom. The number of aliphatic hydroxyl groups is 1. The molecule has 0 bridgehead atoms. The van der Waals surface area contributed by atoms with Gasteiger partial charge >= 0.3 is 0 Å². The summed E-state index contributed by atoms with van der Waals surface area (Å²) in [5, 5.41) is 11.8. The van der Waals surface area contributed by atoms with Crippen molar-refractivity contribution >= 4 is 0 Å². The molecule has 0 aliphatic rings. The molecule has 4 aromatic carbocycles. The molecule has 31 heavy (non-hydrogen) atoms. The van der Waals surface area contributed by atoms with Crippen molar-refractivity contribution in [3.63, 3.8) is 0 Å². The van der Waals surface area contributed by atoms with Gasteiger partial charge in [-0.3, -0.25) is 0 Å². The average Bonchev–Trinajstić information content (AvgIpc) is 2.83. The van der Waals surface area contributed by atoms with Gasteiger partial charge in [-0.15, -0.1) is 0 Å². The lowest BCUT2D eigenvalue weighted by Gasteiger charge is -2.29. The minimum atomic E-state index is -1.32. The van der Waals surface area contributed by atoms with Crippen LogP contribution in [0, 0.1) is 0 Å². The molecule has 0 aliphatic carbocycles. The minimum Gasteiger partial charge on any atom is -0.496 e. The van der Waals surface area contributed by atoms with Crippen molar-refractivity contribution < 1.29 is 14.6 Å². The zero-order valence-electron chi connectivity index (χ0n) is 17.8. The summed E-state index contributed by atoms with van der Waals surface area (Å²) >= 11 is 0. The summed E-state index contributed by atoms with van der Waals surface area (Å²) in [5.74, 6) is 1.29. The summed E-state index contributed by atoms with van der Waals surface area (Å²) < 4.78 is 11.9. The Morgan fingerprint density at radius 3 is 2.03 bits per heavy atom. The van der Waals surface area contributed by atoms with Crippen LogP contribution < -0.4 is 9.47 Å². The fraction of sp³-hybridized carbons (Fsp3) is 0.143. The van der Waals surface area contributed by atoms with Crippen LogP contribution in [0.2, 0.25) is 0 Å². The molecule has 0 aliphatic heterocycles.